The molecule has 27 heavy (non-hydrogen) atoms. The predicted molar refractivity (Wildman–Crippen MR) is 103 cm³/mol. The Morgan fingerprint density at radius 1 is 1.19 bits per heavy atom. The molecule has 1 aliphatic heterocycles. The lowest BCUT2D eigenvalue weighted by Crippen LogP contribution is -2.80. The number of nitrogens with zero attached hydrogens (tertiary/aromatic N) is 1. The second-order valence-corrected chi connectivity index (χ2v) is 13.3. The number of nitrogens with one attached hydrogen (secondary N) is 1. The Hall–Kier alpha value is -2.35. The Morgan fingerprint density at radius 2 is 1.78 bits per heavy atom. The smallest absolute Gasteiger partial charge is 0.408 e. The number of β-lactam (4-membered cyclic amide) rings is 1. The first-order valence-corrected chi connectivity index (χ1v) is 11.8. The third-order valence-corrected chi connectivity index (χ3v) is 10.8. The van der Waals surface area contributed by atoms with Crippen molar-refractivity contribution in [2.24, 2.45) is 0 Å². The van der Waals surface area contributed by atoms with E-state index in [0.29, 0.717) is 0 Å². The van der Waals surface area contributed by atoms with Crippen LogP contribution in [0.5, 0.6) is 0 Å². The molecule has 1 aromatic rings. The second kappa shape index (κ2) is 7.72. The summed E-state index contributed by atoms with van der Waals surface area (Å²) in [6, 6.07) is 7.43. The van der Waals surface area contributed by atoms with Crippen LogP contribution in [0.25, 0.3) is 0 Å². The van der Waals surface area contributed by atoms with Crippen LogP contribution in [-0.4, -0.2) is 50.0 Å². The molecule has 1 aliphatic rings. The normalized spacial score (nSPS) is 19.9. The van der Waals surface area contributed by atoms with Crippen LogP contribution < -0.4 is 5.32 Å². The van der Waals surface area contributed by atoms with E-state index in [1.807, 2.05) is 43.4 Å². The average Bonchev–Trinajstić information content (AvgIpc) is 2.61. The van der Waals surface area contributed by atoms with Crippen LogP contribution in [0.3, 0.4) is 0 Å². The Kier molecular flexibility index (Phi) is 5.99. The van der Waals surface area contributed by atoms with Crippen molar-refractivity contribution >= 4 is 26.2 Å². The average molecular weight is 393 g/mol. The summed E-state index contributed by atoms with van der Waals surface area (Å²) in [6.07, 6.45) is -0.735. The van der Waals surface area contributed by atoms with Crippen LogP contribution in [-0.2, 0) is 25.7 Å². The van der Waals surface area contributed by atoms with Crippen LogP contribution in [0.1, 0.15) is 26.3 Å². The number of benzene rings is 1. The summed E-state index contributed by atoms with van der Waals surface area (Å²) >= 11 is 0. The fourth-order valence-electron chi connectivity index (χ4n) is 2.87. The molecule has 2 atom stereocenters. The summed E-state index contributed by atoms with van der Waals surface area (Å²) in [5.41, 5.74) is 0.833. The van der Waals surface area contributed by atoms with E-state index in [9.17, 15) is 14.4 Å². The molecular formula is C19H28N2O5Si. The van der Waals surface area contributed by atoms with Gasteiger partial charge in [-0.15, -0.1) is 0 Å². The van der Waals surface area contributed by atoms with Crippen molar-refractivity contribution < 1.29 is 23.9 Å². The van der Waals surface area contributed by atoms with Gasteiger partial charge in [-0.25, -0.2) is 9.59 Å². The summed E-state index contributed by atoms with van der Waals surface area (Å²) in [5, 5.41) is 2.38. The lowest BCUT2D eigenvalue weighted by molar-refractivity contribution is -0.162. The molecule has 0 aromatic heterocycles. The number of methoxy groups -OCH3 is 1. The Balaban J connectivity index is 2.09. The number of amides is 2. The van der Waals surface area contributed by atoms with E-state index >= 15 is 0 Å². The number of hydrogen-bond acceptors (Lipinski definition) is 5. The van der Waals surface area contributed by atoms with Gasteiger partial charge >= 0.3 is 12.1 Å². The molecule has 2 unspecified atom stereocenters. The molecule has 0 bridgehead atoms. The summed E-state index contributed by atoms with van der Waals surface area (Å²) in [7, 11) is -1.02. The zero-order chi connectivity index (χ0) is 20.4. The van der Waals surface area contributed by atoms with Crippen molar-refractivity contribution in [3.8, 4) is 0 Å². The van der Waals surface area contributed by atoms with Crippen molar-refractivity contribution in [1.29, 1.82) is 0 Å². The van der Waals surface area contributed by atoms with Crippen LogP contribution in [0, 0.1) is 0 Å². The zero-order valence-corrected chi connectivity index (χ0v) is 17.7. The van der Waals surface area contributed by atoms with E-state index in [4.69, 9.17) is 9.47 Å². The molecule has 0 spiro atoms. The van der Waals surface area contributed by atoms with Gasteiger partial charge in [-0.05, 0) is 10.6 Å². The first kappa shape index (κ1) is 21.0. The number of esters is 1. The molecule has 2 rings (SSSR count). The third-order valence-electron chi connectivity index (χ3n) is 5.46. The van der Waals surface area contributed by atoms with Gasteiger partial charge in [-0.1, -0.05) is 64.2 Å². The molecule has 0 radical (unpaired) electrons. The molecule has 0 saturated carbocycles. The largest absolute Gasteiger partial charge is 0.467 e. The van der Waals surface area contributed by atoms with E-state index in [0.717, 1.165) is 5.56 Å². The van der Waals surface area contributed by atoms with Crippen molar-refractivity contribution in [2.45, 2.75) is 57.6 Å². The van der Waals surface area contributed by atoms with Crippen molar-refractivity contribution in [2.75, 3.05) is 7.11 Å². The fourth-order valence-corrected chi connectivity index (χ4v) is 5.23. The van der Waals surface area contributed by atoms with E-state index in [1.165, 1.54) is 7.11 Å². The van der Waals surface area contributed by atoms with Gasteiger partial charge in [0.05, 0.1) is 7.11 Å². The zero-order valence-electron chi connectivity index (χ0n) is 16.7. The van der Waals surface area contributed by atoms with Gasteiger partial charge in [0.25, 0.3) is 0 Å². The SMILES string of the molecule is COC(=O)C1C(NC(=O)OCc2ccccc2)C(=O)N1[Si](C)(C)C(C)(C)C. The maximum Gasteiger partial charge on any atom is 0.408 e. The maximum absolute atomic E-state index is 12.8. The summed E-state index contributed by atoms with van der Waals surface area (Å²) in [5.74, 6) is -0.804. The molecule has 1 fully saturated rings. The minimum atomic E-state index is -2.30. The molecule has 1 aromatic carbocycles. The Bertz CT molecular complexity index is 715. The van der Waals surface area contributed by atoms with Gasteiger partial charge < -0.3 is 19.4 Å². The minimum absolute atomic E-state index is 0.0857. The summed E-state index contributed by atoms with van der Waals surface area (Å²) in [6.45, 7) is 10.3. The highest BCUT2D eigenvalue weighted by molar-refractivity contribution is 6.80. The van der Waals surface area contributed by atoms with E-state index in [-0.39, 0.29) is 17.6 Å². The van der Waals surface area contributed by atoms with E-state index in [1.54, 1.807) is 4.57 Å². The van der Waals surface area contributed by atoms with Gasteiger partial charge in [0.1, 0.15) is 12.6 Å². The van der Waals surface area contributed by atoms with Gasteiger partial charge in [0.2, 0.25) is 5.91 Å². The molecule has 1 N–H and O–H groups in total. The molecule has 7 nitrogen and oxygen atoms in total. The van der Waals surface area contributed by atoms with Gasteiger partial charge in [-0.3, -0.25) is 4.79 Å². The monoisotopic (exact) mass is 392 g/mol. The fraction of sp³-hybridized carbons (Fsp3) is 0.526. The highest BCUT2D eigenvalue weighted by Crippen LogP contribution is 2.43. The molecule has 1 saturated heterocycles. The number of carbonyl (C=O) groups excluding carboxylic acids is 3. The topological polar surface area (TPSA) is 84.9 Å². The molecule has 148 valence electrons. The molecular weight excluding hydrogens is 364 g/mol. The summed E-state index contributed by atoms with van der Waals surface area (Å²) < 4.78 is 11.7. The number of carbonyl (C=O) groups is 3. The first-order valence-electron chi connectivity index (χ1n) is 8.89. The van der Waals surface area contributed by atoms with Crippen LogP contribution in [0.2, 0.25) is 18.1 Å². The number of alkyl carbamates (subject to hydrolysis) is 1. The van der Waals surface area contributed by atoms with Gasteiger partial charge in [0, 0.05) is 0 Å². The van der Waals surface area contributed by atoms with Crippen LogP contribution in [0.4, 0.5) is 4.79 Å². The van der Waals surface area contributed by atoms with Gasteiger partial charge in [0.15, 0.2) is 14.3 Å². The Labute approximate surface area is 161 Å². The maximum atomic E-state index is 12.8. The highest BCUT2D eigenvalue weighted by Gasteiger charge is 2.61. The third kappa shape index (κ3) is 4.15. The lowest BCUT2D eigenvalue weighted by atomic mass is 9.99. The highest BCUT2D eigenvalue weighted by atomic mass is 28.3. The lowest BCUT2D eigenvalue weighted by Gasteiger charge is -2.56. The molecule has 8 heteroatoms. The van der Waals surface area contributed by atoms with E-state index in [2.05, 4.69) is 26.1 Å². The Morgan fingerprint density at radius 3 is 2.30 bits per heavy atom. The number of rotatable bonds is 5. The van der Waals surface area contributed by atoms with Crippen molar-refractivity contribution in [1.82, 2.24) is 9.88 Å². The summed E-state index contributed by atoms with van der Waals surface area (Å²) in [4.78, 5) is 37.2. The van der Waals surface area contributed by atoms with Crippen LogP contribution >= 0.6 is 0 Å². The van der Waals surface area contributed by atoms with Crippen molar-refractivity contribution in [3.63, 3.8) is 0 Å². The number of hydrogen-bond donors (Lipinski definition) is 1. The predicted octanol–water partition coefficient (Wildman–Crippen LogP) is 2.67. The minimum Gasteiger partial charge on any atom is -0.467 e. The van der Waals surface area contributed by atoms with Crippen molar-refractivity contribution in [3.05, 3.63) is 35.9 Å². The quantitative estimate of drug-likeness (QED) is 0.473. The van der Waals surface area contributed by atoms with Crippen LogP contribution in [0.15, 0.2) is 30.3 Å². The number of ether oxygens (including phenoxy) is 2. The first-order chi connectivity index (χ1) is 12.5. The second-order valence-electron chi connectivity index (χ2n) is 8.17. The molecule has 2 amide bonds. The van der Waals surface area contributed by atoms with E-state index < -0.39 is 32.4 Å². The van der Waals surface area contributed by atoms with Gasteiger partial charge in [-0.2, -0.15) is 0 Å². The standard InChI is InChI=1S/C19H28N2O5Si/c1-19(2,3)27(5,6)21-15(17(23)25-4)14(16(21)22)20-18(24)26-12-13-10-8-7-9-11-13/h7-11,14-15H,12H2,1-6H3,(H,20,24). The molecule has 0 aliphatic carbocycles. The molecule has 1 heterocycles.